The molecule has 0 aromatic carbocycles. The van der Waals surface area contributed by atoms with Crippen LogP contribution in [-0.4, -0.2) is 18.0 Å². The zero-order chi connectivity index (χ0) is 5.11. The Labute approximate surface area is 64.6 Å². The summed E-state index contributed by atoms with van der Waals surface area (Å²) in [6, 6.07) is 0. The summed E-state index contributed by atoms with van der Waals surface area (Å²) in [6.45, 7) is 3.53. The van der Waals surface area contributed by atoms with Crippen molar-refractivity contribution in [3.05, 3.63) is 25.3 Å². The van der Waals surface area contributed by atoms with E-state index in [2.05, 4.69) is 11.6 Å². The van der Waals surface area contributed by atoms with E-state index in [4.69, 9.17) is 0 Å². The fourth-order valence-corrected chi connectivity index (χ4v) is 0.377. The van der Waals surface area contributed by atoms with E-state index in [1.165, 1.54) is 0 Å². The molecular formula is C5H6BF3N2. The maximum Gasteiger partial charge on any atom is 3.00 e. The van der Waals surface area contributed by atoms with Crippen molar-refractivity contribution >= 4 is 14.6 Å². The summed E-state index contributed by atoms with van der Waals surface area (Å²) in [4.78, 5) is 3.78. The molecule has 0 fully saturated rings. The Bertz CT molecular complexity index is 155. The second-order valence-electron chi connectivity index (χ2n) is 1.19. The number of rotatable bonds is 1. The van der Waals surface area contributed by atoms with Gasteiger partial charge in [0, 0.05) is 18.6 Å². The predicted molar refractivity (Wildman–Crippen MR) is 34.4 cm³/mol. The van der Waals surface area contributed by atoms with Crippen molar-refractivity contribution in [2.24, 2.45) is 0 Å². The van der Waals surface area contributed by atoms with Crippen LogP contribution in [0, 0.1) is 0 Å². The average molecular weight is 162 g/mol. The molecule has 0 spiro atoms. The Balaban J connectivity index is -0.0000000612. The van der Waals surface area contributed by atoms with Gasteiger partial charge in [-0.1, -0.05) is 6.58 Å². The molecule has 0 saturated heterocycles. The third kappa shape index (κ3) is 6.69. The third-order valence-corrected chi connectivity index (χ3v) is 0.736. The van der Waals surface area contributed by atoms with Crippen LogP contribution in [0.2, 0.25) is 0 Å². The monoisotopic (exact) mass is 162 g/mol. The van der Waals surface area contributed by atoms with Gasteiger partial charge in [0.15, 0.2) is 0 Å². The first-order valence-electron chi connectivity index (χ1n) is 2.03. The standard InChI is InChI=1S/C5H6N2.B.3FH/c1-2-7-4-3-6-5-7;;;;/h2-5H,1H2;;3*1H/q;+3;;;/p-3. The molecule has 1 heterocycles. The van der Waals surface area contributed by atoms with Gasteiger partial charge in [0.1, 0.15) is 0 Å². The summed E-state index contributed by atoms with van der Waals surface area (Å²) < 4.78 is 1.78. The minimum Gasteiger partial charge on any atom is -1.00 e. The first kappa shape index (κ1) is 22.6. The van der Waals surface area contributed by atoms with Gasteiger partial charge in [-0.05, 0) is 0 Å². The van der Waals surface area contributed by atoms with Crippen molar-refractivity contribution in [3.8, 4) is 0 Å². The van der Waals surface area contributed by atoms with E-state index in [1.54, 1.807) is 23.3 Å². The molecule has 1 aromatic rings. The molecule has 6 heteroatoms. The molecule has 0 bridgehead atoms. The third-order valence-electron chi connectivity index (χ3n) is 0.736. The molecule has 0 saturated carbocycles. The molecule has 0 N–H and O–H groups in total. The van der Waals surface area contributed by atoms with Crippen LogP contribution in [-0.2, 0) is 0 Å². The number of hydrogen-bond donors (Lipinski definition) is 0. The van der Waals surface area contributed by atoms with E-state index in [0.717, 1.165) is 0 Å². The van der Waals surface area contributed by atoms with Crippen LogP contribution in [0.25, 0.3) is 6.20 Å². The summed E-state index contributed by atoms with van der Waals surface area (Å²) in [5.41, 5.74) is 0. The molecule has 0 aliphatic rings. The van der Waals surface area contributed by atoms with Gasteiger partial charge in [0.2, 0.25) is 0 Å². The predicted octanol–water partition coefficient (Wildman–Crippen LogP) is -8.39. The molecule has 1 aromatic heterocycles. The molecule has 0 atom stereocenters. The molecule has 0 radical (unpaired) electrons. The van der Waals surface area contributed by atoms with Crippen LogP contribution in [0.5, 0.6) is 0 Å². The molecule has 0 amide bonds. The Morgan fingerprint density at radius 2 is 1.82 bits per heavy atom. The second-order valence-corrected chi connectivity index (χ2v) is 1.19. The van der Waals surface area contributed by atoms with Crippen LogP contribution in [0.15, 0.2) is 25.3 Å². The molecule has 1 rings (SSSR count). The van der Waals surface area contributed by atoms with Gasteiger partial charge in [-0.15, -0.1) is 0 Å². The minimum absolute atomic E-state index is 0. The van der Waals surface area contributed by atoms with Crippen molar-refractivity contribution in [2.75, 3.05) is 0 Å². The maximum atomic E-state index is 3.78. The summed E-state index contributed by atoms with van der Waals surface area (Å²) in [7, 11) is 0. The van der Waals surface area contributed by atoms with Crippen molar-refractivity contribution in [1.82, 2.24) is 9.55 Å². The van der Waals surface area contributed by atoms with Crippen molar-refractivity contribution in [3.63, 3.8) is 0 Å². The van der Waals surface area contributed by atoms with Gasteiger partial charge in [0.25, 0.3) is 0 Å². The number of hydrogen-bond acceptors (Lipinski definition) is 1. The zero-order valence-electron chi connectivity index (χ0n) is 5.62. The summed E-state index contributed by atoms with van der Waals surface area (Å²) >= 11 is 0. The largest absolute Gasteiger partial charge is 3.00 e. The molecule has 0 unspecified atom stereocenters. The molecule has 60 valence electrons. The molecule has 0 aliphatic heterocycles. The molecular weight excluding hydrogens is 156 g/mol. The number of nitrogens with zero attached hydrogens (tertiary/aromatic N) is 2. The fraction of sp³-hybridized carbons (Fsp3) is 0. The topological polar surface area (TPSA) is 17.8 Å². The van der Waals surface area contributed by atoms with Gasteiger partial charge in [0.05, 0.1) is 6.33 Å². The van der Waals surface area contributed by atoms with Crippen LogP contribution in [0.4, 0.5) is 0 Å². The first-order valence-corrected chi connectivity index (χ1v) is 2.03. The van der Waals surface area contributed by atoms with Crippen molar-refractivity contribution < 1.29 is 14.1 Å². The smallest absolute Gasteiger partial charge is 1.00 e. The Morgan fingerprint density at radius 1 is 1.27 bits per heavy atom. The number of halogens is 3. The summed E-state index contributed by atoms with van der Waals surface area (Å²) in [5.74, 6) is 0. The van der Waals surface area contributed by atoms with Crippen LogP contribution in [0.1, 0.15) is 0 Å². The Morgan fingerprint density at radius 3 is 2.00 bits per heavy atom. The molecule has 0 aliphatic carbocycles. The van der Waals surface area contributed by atoms with Crippen LogP contribution >= 0.6 is 0 Å². The Hall–Kier alpha value is -1.20. The van der Waals surface area contributed by atoms with E-state index in [1.807, 2.05) is 6.20 Å². The maximum absolute atomic E-state index is 3.78. The quantitative estimate of drug-likeness (QED) is 0.375. The van der Waals surface area contributed by atoms with E-state index in [-0.39, 0.29) is 22.5 Å². The fourth-order valence-electron chi connectivity index (χ4n) is 0.377. The summed E-state index contributed by atoms with van der Waals surface area (Å²) in [5, 5.41) is 0. The zero-order valence-corrected chi connectivity index (χ0v) is 5.62. The van der Waals surface area contributed by atoms with Crippen LogP contribution in [0.3, 0.4) is 0 Å². The normalized spacial score (nSPS) is 5.45. The molecule has 2 nitrogen and oxygen atoms in total. The summed E-state index contributed by atoms with van der Waals surface area (Å²) in [6.07, 6.45) is 6.91. The van der Waals surface area contributed by atoms with E-state index < -0.39 is 0 Å². The van der Waals surface area contributed by atoms with Gasteiger partial charge < -0.3 is 18.7 Å². The van der Waals surface area contributed by atoms with E-state index in [9.17, 15) is 0 Å². The number of aromatic nitrogens is 2. The minimum atomic E-state index is 0. The van der Waals surface area contributed by atoms with E-state index in [0.29, 0.717) is 0 Å². The second kappa shape index (κ2) is 11.6. The SMILES string of the molecule is C=Cn1ccnc1.[B+3].[F-].[F-].[F-]. The molecule has 11 heavy (non-hydrogen) atoms. The van der Waals surface area contributed by atoms with Gasteiger partial charge in [-0.25, -0.2) is 4.98 Å². The van der Waals surface area contributed by atoms with Gasteiger partial charge in [-0.3, -0.25) is 0 Å². The van der Waals surface area contributed by atoms with Gasteiger partial charge >= 0.3 is 8.41 Å². The average Bonchev–Trinajstić information content (AvgIpc) is 2.14. The van der Waals surface area contributed by atoms with Crippen molar-refractivity contribution in [1.29, 1.82) is 0 Å². The first-order chi connectivity index (χ1) is 3.43. The van der Waals surface area contributed by atoms with Crippen LogP contribution < -0.4 is 14.1 Å². The van der Waals surface area contributed by atoms with E-state index >= 15 is 0 Å². The Kier molecular flexibility index (Phi) is 23.8. The van der Waals surface area contributed by atoms with Gasteiger partial charge in [-0.2, -0.15) is 0 Å². The number of imidazole rings is 1. The van der Waals surface area contributed by atoms with Crippen molar-refractivity contribution in [2.45, 2.75) is 0 Å².